The third kappa shape index (κ3) is 2.21. The highest BCUT2D eigenvalue weighted by Gasteiger charge is 2.58. The fourth-order valence-corrected chi connectivity index (χ4v) is 4.04. The number of hydrogen-bond acceptors (Lipinski definition) is 3. The normalized spacial score (nSPS) is 23.6. The second kappa shape index (κ2) is 5.41. The van der Waals surface area contributed by atoms with Gasteiger partial charge in [-0.3, -0.25) is 0 Å². The molecule has 2 unspecified atom stereocenters. The molecule has 0 bridgehead atoms. The lowest BCUT2D eigenvalue weighted by Crippen LogP contribution is -2.23. The van der Waals surface area contributed by atoms with E-state index in [4.69, 9.17) is 4.74 Å². The van der Waals surface area contributed by atoms with Crippen molar-refractivity contribution in [3.05, 3.63) is 64.9 Å². The van der Waals surface area contributed by atoms with Crippen LogP contribution in [0, 0.1) is 5.92 Å². The Labute approximate surface area is 134 Å². The highest BCUT2D eigenvalue weighted by Crippen LogP contribution is 2.55. The Hall–Kier alpha value is -1.84. The number of thiophene rings is 1. The zero-order valence-corrected chi connectivity index (χ0v) is 13.4. The Morgan fingerprint density at radius 2 is 2.05 bits per heavy atom. The molecule has 1 fully saturated rings. The number of hydrogen-bond donors (Lipinski definition) is 1. The van der Waals surface area contributed by atoms with Crippen LogP contribution in [0.5, 0.6) is 5.75 Å². The van der Waals surface area contributed by atoms with Gasteiger partial charge in [0.25, 0.3) is 0 Å². The minimum absolute atomic E-state index is 0.160. The van der Waals surface area contributed by atoms with Crippen molar-refractivity contribution in [2.75, 3.05) is 13.6 Å². The zero-order chi connectivity index (χ0) is 15.0. The minimum atomic E-state index is -0.160. The van der Waals surface area contributed by atoms with Gasteiger partial charge in [0.05, 0.1) is 0 Å². The first-order valence-electron chi connectivity index (χ1n) is 7.67. The Bertz CT molecular complexity index is 778. The summed E-state index contributed by atoms with van der Waals surface area (Å²) >= 11 is 1.74. The van der Waals surface area contributed by atoms with Gasteiger partial charge in [-0.15, -0.1) is 0 Å². The third-order valence-electron chi connectivity index (χ3n) is 4.55. The molecule has 0 aliphatic heterocycles. The van der Waals surface area contributed by atoms with E-state index in [1.165, 1.54) is 16.3 Å². The molecule has 0 amide bonds. The minimum Gasteiger partial charge on any atom is -0.482 e. The summed E-state index contributed by atoms with van der Waals surface area (Å²) in [6.45, 7) is 0.987. The molecular weight excluding hydrogens is 290 g/mol. The van der Waals surface area contributed by atoms with Crippen molar-refractivity contribution in [3.8, 4) is 5.75 Å². The first kappa shape index (κ1) is 13.8. The molecule has 2 atom stereocenters. The van der Waals surface area contributed by atoms with Gasteiger partial charge in [-0.2, -0.15) is 11.3 Å². The monoisotopic (exact) mass is 309 g/mol. The van der Waals surface area contributed by atoms with E-state index in [-0.39, 0.29) is 5.60 Å². The molecule has 0 spiro atoms. The molecule has 3 heteroatoms. The molecule has 1 heterocycles. The molecule has 1 saturated carbocycles. The lowest BCUT2D eigenvalue weighted by Gasteiger charge is -2.21. The number of benzene rings is 2. The standard InChI is InChI=1S/C19H19NOS/c1-20-12-16-11-19(16,15-9-10-22-13-15)21-18-8-4-6-14-5-2-3-7-17(14)18/h2-10,13,16,20H,11-12H2,1H3. The number of fused-ring (bicyclic) bond motifs is 1. The average molecular weight is 309 g/mol. The molecule has 112 valence electrons. The molecular formula is C19H19NOS. The van der Waals surface area contributed by atoms with E-state index < -0.39 is 0 Å². The number of rotatable bonds is 5. The molecule has 0 radical (unpaired) electrons. The van der Waals surface area contributed by atoms with Gasteiger partial charge in [0.15, 0.2) is 0 Å². The Balaban J connectivity index is 1.73. The van der Waals surface area contributed by atoms with Crippen molar-refractivity contribution < 1.29 is 4.74 Å². The molecule has 3 aromatic rings. The van der Waals surface area contributed by atoms with Crippen LogP contribution >= 0.6 is 11.3 Å². The summed E-state index contributed by atoms with van der Waals surface area (Å²) in [6, 6.07) is 16.9. The molecule has 1 aliphatic carbocycles. The quantitative estimate of drug-likeness (QED) is 0.753. The van der Waals surface area contributed by atoms with Gasteiger partial charge in [0.1, 0.15) is 11.4 Å². The van der Waals surface area contributed by atoms with Gasteiger partial charge in [0, 0.05) is 23.4 Å². The lowest BCUT2D eigenvalue weighted by atomic mass is 10.1. The summed E-state index contributed by atoms with van der Waals surface area (Å²) in [5, 5.41) is 10.1. The van der Waals surface area contributed by atoms with Crippen LogP contribution in [-0.2, 0) is 5.60 Å². The van der Waals surface area contributed by atoms with E-state index in [0.717, 1.165) is 18.7 Å². The van der Waals surface area contributed by atoms with Crippen LogP contribution in [0.1, 0.15) is 12.0 Å². The number of nitrogens with one attached hydrogen (secondary N) is 1. The summed E-state index contributed by atoms with van der Waals surface area (Å²) in [5.41, 5.74) is 1.15. The van der Waals surface area contributed by atoms with Gasteiger partial charge in [-0.05, 0) is 41.7 Å². The Morgan fingerprint density at radius 1 is 1.18 bits per heavy atom. The fraction of sp³-hybridized carbons (Fsp3) is 0.263. The molecule has 22 heavy (non-hydrogen) atoms. The van der Waals surface area contributed by atoms with Crippen LogP contribution in [0.25, 0.3) is 10.8 Å². The van der Waals surface area contributed by atoms with Gasteiger partial charge in [0.2, 0.25) is 0 Å². The molecule has 2 aromatic carbocycles. The van der Waals surface area contributed by atoms with E-state index in [1.807, 2.05) is 7.05 Å². The largest absolute Gasteiger partial charge is 0.482 e. The van der Waals surface area contributed by atoms with Crippen molar-refractivity contribution in [2.24, 2.45) is 5.92 Å². The average Bonchev–Trinajstić information content (AvgIpc) is 2.99. The van der Waals surface area contributed by atoms with Crippen LogP contribution in [0.2, 0.25) is 0 Å². The maximum atomic E-state index is 6.60. The maximum Gasteiger partial charge on any atom is 0.139 e. The second-order valence-corrected chi connectivity index (χ2v) is 6.72. The summed E-state index contributed by atoms with van der Waals surface area (Å²) in [7, 11) is 2.01. The smallest absolute Gasteiger partial charge is 0.139 e. The van der Waals surface area contributed by atoms with Gasteiger partial charge >= 0.3 is 0 Å². The van der Waals surface area contributed by atoms with E-state index in [0.29, 0.717) is 5.92 Å². The van der Waals surface area contributed by atoms with Crippen molar-refractivity contribution in [1.82, 2.24) is 5.32 Å². The fourth-order valence-electron chi connectivity index (χ4n) is 3.31. The maximum absolute atomic E-state index is 6.60. The summed E-state index contributed by atoms with van der Waals surface area (Å²) in [4.78, 5) is 0. The van der Waals surface area contributed by atoms with E-state index in [2.05, 4.69) is 64.6 Å². The molecule has 1 N–H and O–H groups in total. The molecule has 1 aromatic heterocycles. The third-order valence-corrected chi connectivity index (χ3v) is 5.23. The van der Waals surface area contributed by atoms with E-state index in [1.54, 1.807) is 11.3 Å². The lowest BCUT2D eigenvalue weighted by molar-refractivity contribution is 0.163. The van der Waals surface area contributed by atoms with Gasteiger partial charge in [-0.1, -0.05) is 36.4 Å². The first-order valence-corrected chi connectivity index (χ1v) is 8.62. The van der Waals surface area contributed by atoms with E-state index >= 15 is 0 Å². The van der Waals surface area contributed by atoms with Crippen molar-refractivity contribution >= 4 is 22.1 Å². The first-order chi connectivity index (χ1) is 10.8. The molecule has 4 rings (SSSR count). The van der Waals surface area contributed by atoms with Crippen molar-refractivity contribution in [2.45, 2.75) is 12.0 Å². The van der Waals surface area contributed by atoms with Crippen LogP contribution in [0.4, 0.5) is 0 Å². The van der Waals surface area contributed by atoms with Crippen molar-refractivity contribution in [1.29, 1.82) is 0 Å². The Morgan fingerprint density at radius 3 is 2.86 bits per heavy atom. The molecule has 1 aliphatic rings. The topological polar surface area (TPSA) is 21.3 Å². The molecule has 0 saturated heterocycles. The predicted octanol–water partition coefficient (Wildman–Crippen LogP) is 4.41. The van der Waals surface area contributed by atoms with Gasteiger partial charge in [-0.25, -0.2) is 0 Å². The highest BCUT2D eigenvalue weighted by molar-refractivity contribution is 7.08. The van der Waals surface area contributed by atoms with Gasteiger partial charge < -0.3 is 10.1 Å². The Kier molecular flexibility index (Phi) is 3.40. The van der Waals surface area contributed by atoms with Crippen molar-refractivity contribution in [3.63, 3.8) is 0 Å². The van der Waals surface area contributed by atoms with E-state index in [9.17, 15) is 0 Å². The summed E-state index contributed by atoms with van der Waals surface area (Å²) in [6.07, 6.45) is 1.08. The van der Waals surface area contributed by atoms with Crippen LogP contribution in [0.15, 0.2) is 59.3 Å². The van der Waals surface area contributed by atoms with Crippen LogP contribution < -0.4 is 10.1 Å². The molecule has 2 nitrogen and oxygen atoms in total. The SMILES string of the molecule is CNCC1CC1(Oc1cccc2ccccc12)c1ccsc1. The zero-order valence-electron chi connectivity index (χ0n) is 12.6. The highest BCUT2D eigenvalue weighted by atomic mass is 32.1. The number of ether oxygens (including phenoxy) is 1. The van der Waals surface area contributed by atoms with Crippen LogP contribution in [-0.4, -0.2) is 13.6 Å². The summed E-state index contributed by atoms with van der Waals surface area (Å²) < 4.78 is 6.60. The van der Waals surface area contributed by atoms with Crippen LogP contribution in [0.3, 0.4) is 0 Å². The summed E-state index contributed by atoms with van der Waals surface area (Å²) in [5.74, 6) is 1.52. The second-order valence-electron chi connectivity index (χ2n) is 5.94. The predicted molar refractivity (Wildman–Crippen MR) is 92.6 cm³/mol.